The molecule has 3 aliphatic rings. The van der Waals surface area contributed by atoms with Gasteiger partial charge in [-0.2, -0.15) is 0 Å². The molecule has 4 aromatic rings. The third-order valence-corrected chi connectivity index (χ3v) is 10.1. The van der Waals surface area contributed by atoms with Crippen LogP contribution in [-0.4, -0.2) is 43.5 Å². The monoisotopic (exact) mass is 535 g/mol. The number of hydrogen-bond acceptors (Lipinski definition) is 7. The number of esters is 1. The van der Waals surface area contributed by atoms with E-state index >= 15 is 0 Å². The summed E-state index contributed by atoms with van der Waals surface area (Å²) in [6.45, 7) is 7.63. The summed E-state index contributed by atoms with van der Waals surface area (Å²) in [4.78, 5) is 17.3. The molecular weight excluding hydrogens is 502 g/mol. The highest BCUT2D eigenvalue weighted by molar-refractivity contribution is 7.90. The molecule has 7 rings (SSSR count). The molecule has 3 aliphatic carbocycles. The third kappa shape index (κ3) is 4.00. The Hall–Kier alpha value is -3.27. The van der Waals surface area contributed by atoms with E-state index in [0.717, 1.165) is 49.9 Å². The minimum Gasteiger partial charge on any atom is -0.460 e. The molecule has 3 saturated carbocycles. The van der Waals surface area contributed by atoms with Gasteiger partial charge in [0.25, 0.3) is 10.0 Å². The Bertz CT molecular complexity index is 1640. The van der Waals surface area contributed by atoms with Gasteiger partial charge < -0.3 is 4.74 Å². The second-order valence-corrected chi connectivity index (χ2v) is 14.0. The lowest BCUT2D eigenvalue weighted by Crippen LogP contribution is -2.46. The van der Waals surface area contributed by atoms with Crippen LogP contribution in [0, 0.1) is 12.3 Å². The van der Waals surface area contributed by atoms with Crippen LogP contribution in [0.5, 0.6) is 0 Å². The molecule has 9 nitrogen and oxygen atoms in total. The Balaban J connectivity index is 1.34. The molecule has 0 N–H and O–H groups in total. The van der Waals surface area contributed by atoms with Crippen molar-refractivity contribution in [3.8, 4) is 0 Å². The molecule has 0 unspecified atom stereocenters. The molecule has 3 heterocycles. The number of nitrogens with zero attached hydrogens (tertiary/aromatic N) is 5. The molecule has 3 fully saturated rings. The summed E-state index contributed by atoms with van der Waals surface area (Å²) in [6, 6.07) is 8.59. The van der Waals surface area contributed by atoms with Gasteiger partial charge in [-0.3, -0.25) is 9.20 Å². The standard InChI is InChI=1S/C28H33N5O4S/c1-19-5-7-20(8-6-19)38(35,36)32-16-9-21-24(32)29-18-22-30-31-25(33(21)22)28-13-10-27(11-14-28,12-15-28)17-23(34)37-26(2,3)4/h5-9,16,18H,10-15,17H2,1-4H3. The molecule has 38 heavy (non-hydrogen) atoms. The highest BCUT2D eigenvalue weighted by Crippen LogP contribution is 2.59. The Morgan fingerprint density at radius 2 is 1.66 bits per heavy atom. The summed E-state index contributed by atoms with van der Waals surface area (Å²) in [7, 11) is -3.82. The number of aromatic nitrogens is 5. The van der Waals surface area contributed by atoms with Gasteiger partial charge in [-0.25, -0.2) is 17.4 Å². The highest BCUT2D eigenvalue weighted by Gasteiger charge is 2.52. The number of fused-ring (bicyclic) bond motifs is 6. The van der Waals surface area contributed by atoms with Crippen molar-refractivity contribution in [2.75, 3.05) is 0 Å². The normalized spacial score (nSPS) is 23.8. The van der Waals surface area contributed by atoms with Crippen molar-refractivity contribution >= 4 is 32.8 Å². The first kappa shape index (κ1) is 25.0. The van der Waals surface area contributed by atoms with Gasteiger partial charge in [-0.15, -0.1) is 10.2 Å². The Morgan fingerprint density at radius 1 is 1.00 bits per heavy atom. The zero-order valence-corrected chi connectivity index (χ0v) is 23.1. The van der Waals surface area contributed by atoms with Crippen molar-refractivity contribution in [2.45, 2.75) is 88.6 Å². The van der Waals surface area contributed by atoms with E-state index < -0.39 is 15.6 Å². The van der Waals surface area contributed by atoms with Gasteiger partial charge in [0.2, 0.25) is 0 Å². The maximum Gasteiger partial charge on any atom is 0.306 e. The van der Waals surface area contributed by atoms with E-state index in [2.05, 4.69) is 15.2 Å². The highest BCUT2D eigenvalue weighted by atomic mass is 32.2. The Labute approximate surface area is 222 Å². The van der Waals surface area contributed by atoms with E-state index in [-0.39, 0.29) is 21.7 Å². The van der Waals surface area contributed by atoms with Crippen LogP contribution in [0.3, 0.4) is 0 Å². The first-order chi connectivity index (χ1) is 17.9. The molecule has 1 aromatic carbocycles. The summed E-state index contributed by atoms with van der Waals surface area (Å²) in [5.41, 5.74) is 1.94. The summed E-state index contributed by atoms with van der Waals surface area (Å²) in [5.74, 6) is 0.736. The van der Waals surface area contributed by atoms with E-state index in [1.807, 2.05) is 32.1 Å². The molecule has 10 heteroatoms. The van der Waals surface area contributed by atoms with Gasteiger partial charge in [0, 0.05) is 11.6 Å². The molecule has 0 aliphatic heterocycles. The minimum atomic E-state index is -3.82. The second kappa shape index (κ2) is 8.36. The van der Waals surface area contributed by atoms with Crippen molar-refractivity contribution in [1.82, 2.24) is 23.6 Å². The van der Waals surface area contributed by atoms with Crippen LogP contribution in [0.15, 0.2) is 47.6 Å². The number of ether oxygens (including phenoxy) is 1. The quantitative estimate of drug-likeness (QED) is 0.333. The smallest absolute Gasteiger partial charge is 0.306 e. The first-order valence-electron chi connectivity index (χ1n) is 13.2. The third-order valence-electron chi connectivity index (χ3n) is 8.43. The number of rotatable bonds is 5. The molecule has 200 valence electrons. The van der Waals surface area contributed by atoms with Crippen LogP contribution in [0.2, 0.25) is 0 Å². The Kier molecular flexibility index (Phi) is 5.51. The SMILES string of the molecule is Cc1ccc(S(=O)(=O)n2ccc3c2ncc2nnc(C45CCC(CC(=O)OC(C)(C)C)(CC4)CC5)n23)cc1. The fourth-order valence-electron chi connectivity index (χ4n) is 6.34. The molecule has 3 aromatic heterocycles. The topological polar surface area (TPSA) is 108 Å². The van der Waals surface area contributed by atoms with Gasteiger partial charge >= 0.3 is 5.97 Å². The van der Waals surface area contributed by atoms with Crippen molar-refractivity contribution < 1.29 is 17.9 Å². The van der Waals surface area contributed by atoms with Crippen LogP contribution in [-0.2, 0) is 25.0 Å². The van der Waals surface area contributed by atoms with Crippen molar-refractivity contribution in [2.24, 2.45) is 5.41 Å². The number of carbonyl (C=O) groups excluding carboxylic acids is 1. The molecule has 2 bridgehead atoms. The lowest BCUT2D eigenvalue weighted by atomic mass is 9.52. The molecule has 0 saturated heterocycles. The predicted octanol–water partition coefficient (Wildman–Crippen LogP) is 4.95. The van der Waals surface area contributed by atoms with Gasteiger partial charge in [-0.1, -0.05) is 17.7 Å². The van der Waals surface area contributed by atoms with Gasteiger partial charge in [0.15, 0.2) is 11.3 Å². The van der Waals surface area contributed by atoms with E-state index in [9.17, 15) is 13.2 Å². The van der Waals surface area contributed by atoms with E-state index in [1.165, 1.54) is 3.97 Å². The maximum atomic E-state index is 13.5. The second-order valence-electron chi connectivity index (χ2n) is 12.2. The van der Waals surface area contributed by atoms with Crippen LogP contribution >= 0.6 is 0 Å². The number of carbonyl (C=O) groups is 1. The van der Waals surface area contributed by atoms with Gasteiger partial charge in [0.1, 0.15) is 11.4 Å². The molecule has 0 spiro atoms. The van der Waals surface area contributed by atoms with Crippen LogP contribution < -0.4 is 0 Å². The van der Waals surface area contributed by atoms with E-state index in [1.54, 1.807) is 42.7 Å². The predicted molar refractivity (Wildman–Crippen MR) is 142 cm³/mol. The Morgan fingerprint density at radius 3 is 2.29 bits per heavy atom. The lowest BCUT2D eigenvalue weighted by molar-refractivity contribution is -0.160. The van der Waals surface area contributed by atoms with Gasteiger partial charge in [0.05, 0.1) is 23.0 Å². The number of benzene rings is 1. The van der Waals surface area contributed by atoms with Crippen LogP contribution in [0.4, 0.5) is 0 Å². The van der Waals surface area contributed by atoms with Crippen molar-refractivity contribution in [3.63, 3.8) is 0 Å². The molecular formula is C28H33N5O4S. The van der Waals surface area contributed by atoms with Crippen LogP contribution in [0.25, 0.3) is 16.8 Å². The van der Waals surface area contributed by atoms with Crippen LogP contribution in [0.1, 0.15) is 77.1 Å². The zero-order chi connectivity index (χ0) is 26.9. The molecule has 0 radical (unpaired) electrons. The summed E-state index contributed by atoms with van der Waals surface area (Å²) < 4.78 is 35.8. The average molecular weight is 536 g/mol. The lowest BCUT2D eigenvalue weighted by Gasteiger charge is -2.52. The average Bonchev–Trinajstić information content (AvgIpc) is 3.49. The van der Waals surface area contributed by atoms with E-state index in [4.69, 9.17) is 4.74 Å². The molecule has 0 atom stereocenters. The summed E-state index contributed by atoms with van der Waals surface area (Å²) in [6.07, 6.45) is 9.11. The number of aryl methyl sites for hydroxylation is 1. The maximum absolute atomic E-state index is 13.5. The largest absolute Gasteiger partial charge is 0.460 e. The summed E-state index contributed by atoms with van der Waals surface area (Å²) in [5, 5.41) is 9.05. The van der Waals surface area contributed by atoms with Crippen molar-refractivity contribution in [3.05, 3.63) is 54.1 Å². The van der Waals surface area contributed by atoms with E-state index in [0.29, 0.717) is 23.2 Å². The van der Waals surface area contributed by atoms with Gasteiger partial charge in [-0.05, 0) is 89.8 Å². The summed E-state index contributed by atoms with van der Waals surface area (Å²) >= 11 is 0. The zero-order valence-electron chi connectivity index (χ0n) is 22.3. The fourth-order valence-corrected chi connectivity index (χ4v) is 7.64. The van der Waals surface area contributed by atoms with Crippen molar-refractivity contribution in [1.29, 1.82) is 0 Å². The first-order valence-corrected chi connectivity index (χ1v) is 14.6. The number of hydrogen-bond donors (Lipinski definition) is 0. The fraction of sp³-hybridized carbons (Fsp3) is 0.500. The molecule has 0 amide bonds. The minimum absolute atomic E-state index is 0.0209.